The van der Waals surface area contributed by atoms with Crippen LogP contribution in [0.25, 0.3) is 5.69 Å². The second-order valence-electron chi connectivity index (χ2n) is 7.69. The van der Waals surface area contributed by atoms with Crippen molar-refractivity contribution in [1.82, 2.24) is 24.9 Å². The molecule has 1 fully saturated rings. The molecule has 1 saturated heterocycles. The van der Waals surface area contributed by atoms with Gasteiger partial charge in [-0.1, -0.05) is 6.92 Å². The maximum absolute atomic E-state index is 12.4. The highest BCUT2D eigenvalue weighted by Gasteiger charge is 2.17. The molecule has 1 aromatic carbocycles. The van der Waals surface area contributed by atoms with E-state index in [0.29, 0.717) is 17.8 Å². The van der Waals surface area contributed by atoms with Gasteiger partial charge in [-0.25, -0.2) is 9.48 Å². The monoisotopic (exact) mass is 428 g/mol. The van der Waals surface area contributed by atoms with Gasteiger partial charge in [0.15, 0.2) is 0 Å². The Morgan fingerprint density at radius 2 is 1.74 bits per heavy atom. The Bertz CT molecular complexity index is 872. The minimum absolute atomic E-state index is 0.108. The van der Waals surface area contributed by atoms with Crippen LogP contribution in [0.2, 0.25) is 0 Å². The Balaban J connectivity index is 1.45. The zero-order valence-corrected chi connectivity index (χ0v) is 18.3. The molecule has 0 bridgehead atoms. The van der Waals surface area contributed by atoms with Crippen LogP contribution in [0.15, 0.2) is 30.5 Å². The van der Waals surface area contributed by atoms with E-state index in [0.717, 1.165) is 39.1 Å². The summed E-state index contributed by atoms with van der Waals surface area (Å²) in [4.78, 5) is 29.1. The molecule has 2 aromatic rings. The summed E-state index contributed by atoms with van der Waals surface area (Å²) in [5, 5.41) is 7.11. The molecule has 9 heteroatoms. The van der Waals surface area contributed by atoms with E-state index in [4.69, 9.17) is 5.73 Å². The summed E-state index contributed by atoms with van der Waals surface area (Å²) in [6.45, 7) is 9.51. The van der Waals surface area contributed by atoms with Crippen LogP contribution in [-0.4, -0.2) is 84.4 Å². The third kappa shape index (κ3) is 5.83. The maximum atomic E-state index is 12.4. The minimum atomic E-state index is -0.539. The molecule has 2 heterocycles. The highest BCUT2D eigenvalue weighted by Crippen LogP contribution is 2.18. The lowest BCUT2D eigenvalue weighted by Gasteiger charge is -2.34. The molecule has 31 heavy (non-hydrogen) atoms. The highest BCUT2D eigenvalue weighted by atomic mass is 16.5. The summed E-state index contributed by atoms with van der Waals surface area (Å²) in [5.74, 6) is -0.454. The summed E-state index contributed by atoms with van der Waals surface area (Å²) in [7, 11) is 1.29. The van der Waals surface area contributed by atoms with Crippen molar-refractivity contribution in [3.8, 4) is 5.69 Å². The number of nitrogen functional groups attached to an aromatic ring is 1. The van der Waals surface area contributed by atoms with Gasteiger partial charge in [0.1, 0.15) is 11.4 Å². The topological polar surface area (TPSA) is 106 Å². The van der Waals surface area contributed by atoms with Crippen molar-refractivity contribution in [2.24, 2.45) is 0 Å². The van der Waals surface area contributed by atoms with Crippen molar-refractivity contribution < 1.29 is 14.3 Å². The fraction of sp³-hybridized carbons (Fsp3) is 0.500. The first-order valence-electron chi connectivity index (χ1n) is 10.8. The first-order chi connectivity index (χ1) is 15.0. The second kappa shape index (κ2) is 10.9. The van der Waals surface area contributed by atoms with Gasteiger partial charge < -0.3 is 25.6 Å². The normalized spacial score (nSPS) is 15.0. The first kappa shape index (κ1) is 22.8. The van der Waals surface area contributed by atoms with Gasteiger partial charge in [0.25, 0.3) is 5.91 Å². The standard InChI is InChI=1S/C22H32N6O3/c1-3-10-26-12-14-27(15-13-26)11-4-9-24-21(29)17-5-7-18(8-6-17)28-20(23)19(16-25-28)22(30)31-2/h5-8,16H,3-4,9-15,23H2,1-2H3,(H,24,29). The van der Waals surface area contributed by atoms with Crippen LogP contribution in [0.1, 0.15) is 40.5 Å². The second-order valence-corrected chi connectivity index (χ2v) is 7.69. The fourth-order valence-electron chi connectivity index (χ4n) is 3.74. The molecule has 0 radical (unpaired) electrons. The number of anilines is 1. The number of ether oxygens (including phenoxy) is 1. The molecule has 0 aliphatic carbocycles. The van der Waals surface area contributed by atoms with E-state index in [9.17, 15) is 9.59 Å². The number of nitrogens with two attached hydrogens (primary N) is 1. The van der Waals surface area contributed by atoms with Crippen molar-refractivity contribution in [2.45, 2.75) is 19.8 Å². The van der Waals surface area contributed by atoms with Gasteiger partial charge in [0.05, 0.1) is 19.0 Å². The summed E-state index contributed by atoms with van der Waals surface area (Å²) in [6, 6.07) is 6.93. The highest BCUT2D eigenvalue weighted by molar-refractivity contribution is 5.95. The smallest absolute Gasteiger partial charge is 0.343 e. The van der Waals surface area contributed by atoms with Gasteiger partial charge in [-0.3, -0.25) is 4.79 Å². The molecule has 0 saturated carbocycles. The molecule has 9 nitrogen and oxygen atoms in total. The number of methoxy groups -OCH3 is 1. The first-order valence-corrected chi connectivity index (χ1v) is 10.8. The molecule has 1 aliphatic rings. The summed E-state index contributed by atoms with van der Waals surface area (Å²) >= 11 is 0. The van der Waals surface area contributed by atoms with Gasteiger partial charge in [-0.2, -0.15) is 5.10 Å². The molecule has 0 atom stereocenters. The average molecular weight is 429 g/mol. The number of piperazine rings is 1. The van der Waals surface area contributed by atoms with E-state index < -0.39 is 5.97 Å². The Hall–Kier alpha value is -2.91. The number of carbonyl (C=O) groups excluding carboxylic acids is 2. The van der Waals surface area contributed by atoms with Crippen LogP contribution >= 0.6 is 0 Å². The minimum Gasteiger partial charge on any atom is -0.465 e. The van der Waals surface area contributed by atoms with Crippen LogP contribution in [0.3, 0.4) is 0 Å². The predicted octanol–water partition coefficient (Wildman–Crippen LogP) is 1.39. The summed E-state index contributed by atoms with van der Waals surface area (Å²) < 4.78 is 6.13. The van der Waals surface area contributed by atoms with Crippen molar-refractivity contribution >= 4 is 17.7 Å². The Morgan fingerprint density at radius 1 is 1.10 bits per heavy atom. The molecule has 1 amide bonds. The zero-order chi connectivity index (χ0) is 22.2. The molecular formula is C22H32N6O3. The van der Waals surface area contributed by atoms with Gasteiger partial charge in [-0.15, -0.1) is 0 Å². The predicted molar refractivity (Wildman–Crippen MR) is 119 cm³/mol. The van der Waals surface area contributed by atoms with Gasteiger partial charge in [0.2, 0.25) is 0 Å². The maximum Gasteiger partial charge on any atom is 0.343 e. The number of hydrogen-bond acceptors (Lipinski definition) is 7. The van der Waals surface area contributed by atoms with E-state index in [2.05, 4.69) is 31.9 Å². The van der Waals surface area contributed by atoms with E-state index >= 15 is 0 Å². The molecule has 3 N–H and O–H groups in total. The number of esters is 1. The molecule has 3 rings (SSSR count). The lowest BCUT2D eigenvalue weighted by molar-refractivity contribution is 0.0601. The Kier molecular flexibility index (Phi) is 8.02. The van der Waals surface area contributed by atoms with E-state index in [1.54, 1.807) is 24.3 Å². The number of amides is 1. The van der Waals surface area contributed by atoms with Crippen molar-refractivity contribution in [3.05, 3.63) is 41.6 Å². The lowest BCUT2D eigenvalue weighted by atomic mass is 10.2. The summed E-state index contributed by atoms with van der Waals surface area (Å²) in [6.07, 6.45) is 3.50. The van der Waals surface area contributed by atoms with Crippen molar-refractivity contribution in [3.63, 3.8) is 0 Å². The number of carbonyl (C=O) groups is 2. The molecule has 0 unspecified atom stereocenters. The Morgan fingerprint density at radius 3 is 2.35 bits per heavy atom. The third-order valence-electron chi connectivity index (χ3n) is 5.53. The number of nitrogens with zero attached hydrogens (tertiary/aromatic N) is 4. The van der Waals surface area contributed by atoms with Gasteiger partial charge in [0, 0.05) is 38.3 Å². The number of aromatic nitrogens is 2. The summed E-state index contributed by atoms with van der Waals surface area (Å²) in [5.41, 5.74) is 7.42. The van der Waals surface area contributed by atoms with Crippen LogP contribution in [0.4, 0.5) is 5.82 Å². The Labute approximate surface area is 183 Å². The average Bonchev–Trinajstić information content (AvgIpc) is 3.18. The largest absolute Gasteiger partial charge is 0.465 e. The van der Waals surface area contributed by atoms with Crippen molar-refractivity contribution in [1.29, 1.82) is 0 Å². The fourth-order valence-corrected chi connectivity index (χ4v) is 3.74. The van der Waals surface area contributed by atoms with Crippen LogP contribution < -0.4 is 11.1 Å². The number of rotatable bonds is 9. The molecule has 1 aliphatic heterocycles. The third-order valence-corrected chi connectivity index (χ3v) is 5.53. The van der Waals surface area contributed by atoms with E-state index in [-0.39, 0.29) is 17.3 Å². The van der Waals surface area contributed by atoms with Crippen LogP contribution in [0.5, 0.6) is 0 Å². The number of nitrogens with one attached hydrogen (secondary N) is 1. The zero-order valence-electron chi connectivity index (χ0n) is 18.3. The number of hydrogen-bond donors (Lipinski definition) is 2. The van der Waals surface area contributed by atoms with Gasteiger partial charge >= 0.3 is 5.97 Å². The molecule has 0 spiro atoms. The quantitative estimate of drug-likeness (QED) is 0.459. The molecular weight excluding hydrogens is 396 g/mol. The van der Waals surface area contributed by atoms with E-state index in [1.807, 2.05) is 0 Å². The SMILES string of the molecule is CCCN1CCN(CCCNC(=O)c2ccc(-n3ncc(C(=O)OC)c3N)cc2)CC1. The van der Waals surface area contributed by atoms with Gasteiger partial charge in [-0.05, 0) is 50.2 Å². The molecule has 168 valence electrons. The van der Waals surface area contributed by atoms with E-state index in [1.165, 1.54) is 31.0 Å². The van der Waals surface area contributed by atoms with Crippen LogP contribution in [-0.2, 0) is 4.74 Å². The van der Waals surface area contributed by atoms with Crippen LogP contribution in [0, 0.1) is 0 Å². The molecule has 1 aromatic heterocycles. The lowest BCUT2D eigenvalue weighted by Crippen LogP contribution is -2.47. The van der Waals surface area contributed by atoms with Crippen molar-refractivity contribution in [2.75, 3.05) is 58.7 Å². The number of benzene rings is 1.